The van der Waals surface area contributed by atoms with E-state index in [4.69, 9.17) is 11.6 Å². The van der Waals surface area contributed by atoms with E-state index in [1.54, 1.807) is 24.3 Å². The highest BCUT2D eigenvalue weighted by molar-refractivity contribution is 6.33. The maximum Gasteiger partial charge on any atom is 0.326 e. The van der Waals surface area contributed by atoms with Gasteiger partial charge in [-0.15, -0.1) is 0 Å². The Bertz CT molecular complexity index is 1170. The van der Waals surface area contributed by atoms with Crippen LogP contribution in [0.5, 0.6) is 0 Å². The van der Waals surface area contributed by atoms with Crippen molar-refractivity contribution in [2.24, 2.45) is 0 Å². The summed E-state index contributed by atoms with van der Waals surface area (Å²) in [7, 11) is 2.16. The Kier molecular flexibility index (Phi) is 8.18. The highest BCUT2D eigenvalue weighted by Gasteiger charge is 2.22. The van der Waals surface area contributed by atoms with Crippen molar-refractivity contribution in [2.45, 2.75) is 19.0 Å². The molecule has 0 unspecified atom stereocenters. The molecule has 1 fully saturated rings. The van der Waals surface area contributed by atoms with Gasteiger partial charge in [-0.3, -0.25) is 9.69 Å². The lowest BCUT2D eigenvalue weighted by atomic mass is 9.96. The number of amides is 1. The zero-order chi connectivity index (χ0) is 24.8. The topological polar surface area (TPSA) is 72.9 Å². The number of nitrogens with one attached hydrogen (secondary N) is 1. The van der Waals surface area contributed by atoms with E-state index in [0.717, 1.165) is 43.9 Å². The first-order chi connectivity index (χ1) is 16.9. The van der Waals surface area contributed by atoms with E-state index >= 15 is 0 Å². The summed E-state index contributed by atoms with van der Waals surface area (Å²) >= 11 is 6.09. The minimum absolute atomic E-state index is 0.175. The Labute approximate surface area is 211 Å². The number of piperazine rings is 1. The van der Waals surface area contributed by atoms with Crippen LogP contribution in [-0.2, 0) is 17.8 Å². The molecule has 1 saturated heterocycles. The summed E-state index contributed by atoms with van der Waals surface area (Å²) in [6.45, 7) is 5.17. The number of hydrogen-bond acceptors (Lipinski definition) is 4. The fourth-order valence-corrected chi connectivity index (χ4v) is 4.55. The van der Waals surface area contributed by atoms with Crippen molar-refractivity contribution in [3.8, 4) is 11.1 Å². The summed E-state index contributed by atoms with van der Waals surface area (Å²) in [6.07, 6.45) is 0.175. The van der Waals surface area contributed by atoms with Crippen LogP contribution in [0.2, 0.25) is 5.02 Å². The Morgan fingerprint density at radius 3 is 2.29 bits per heavy atom. The van der Waals surface area contributed by atoms with Crippen LogP contribution in [0.15, 0.2) is 72.8 Å². The molecular formula is C28H30ClN3O3. The lowest BCUT2D eigenvalue weighted by Crippen LogP contribution is -2.43. The van der Waals surface area contributed by atoms with Crippen LogP contribution in [0.4, 0.5) is 0 Å². The van der Waals surface area contributed by atoms with Crippen LogP contribution < -0.4 is 5.32 Å². The minimum atomic E-state index is -1.09. The molecule has 4 rings (SSSR count). The SMILES string of the molecule is CN1CCN(Cc2ccccc2-c2ccc(C[C@H](NC(=O)c3ccccc3Cl)C(=O)O)cc2)CC1. The van der Waals surface area contributed by atoms with Gasteiger partial charge < -0.3 is 15.3 Å². The summed E-state index contributed by atoms with van der Waals surface area (Å²) in [5, 5.41) is 12.6. The van der Waals surface area contributed by atoms with Gasteiger partial charge in [-0.25, -0.2) is 4.79 Å². The van der Waals surface area contributed by atoms with E-state index in [1.807, 2.05) is 30.3 Å². The van der Waals surface area contributed by atoms with Crippen molar-refractivity contribution in [1.29, 1.82) is 0 Å². The van der Waals surface area contributed by atoms with Gasteiger partial charge in [-0.2, -0.15) is 0 Å². The molecular weight excluding hydrogens is 462 g/mol. The number of carbonyl (C=O) groups is 2. The second-order valence-electron chi connectivity index (χ2n) is 8.98. The molecule has 6 nitrogen and oxygen atoms in total. The van der Waals surface area contributed by atoms with Gasteiger partial charge in [0.05, 0.1) is 10.6 Å². The number of likely N-dealkylation sites (N-methyl/N-ethyl adjacent to an activating group) is 1. The zero-order valence-electron chi connectivity index (χ0n) is 19.8. The quantitative estimate of drug-likeness (QED) is 0.494. The number of rotatable bonds is 8. The van der Waals surface area contributed by atoms with Gasteiger partial charge in [-0.1, -0.05) is 72.3 Å². The third kappa shape index (κ3) is 6.48. The van der Waals surface area contributed by atoms with Crippen molar-refractivity contribution in [3.05, 3.63) is 94.5 Å². The van der Waals surface area contributed by atoms with Gasteiger partial charge in [0.25, 0.3) is 5.91 Å². The third-order valence-electron chi connectivity index (χ3n) is 6.43. The molecule has 0 aromatic heterocycles. The molecule has 1 aliphatic heterocycles. The molecule has 0 bridgehead atoms. The van der Waals surface area contributed by atoms with E-state index in [1.165, 1.54) is 11.1 Å². The van der Waals surface area contributed by atoms with Crippen LogP contribution in [0.1, 0.15) is 21.5 Å². The molecule has 3 aromatic rings. The molecule has 1 aliphatic rings. The van der Waals surface area contributed by atoms with Gasteiger partial charge in [0.15, 0.2) is 0 Å². The predicted molar refractivity (Wildman–Crippen MR) is 139 cm³/mol. The van der Waals surface area contributed by atoms with Gasteiger partial charge in [-0.05, 0) is 41.4 Å². The summed E-state index contributed by atoms with van der Waals surface area (Å²) in [5.74, 6) is -1.59. The number of carbonyl (C=O) groups excluding carboxylic acids is 1. The van der Waals surface area contributed by atoms with Crippen LogP contribution in [-0.4, -0.2) is 66.1 Å². The average Bonchev–Trinajstić information content (AvgIpc) is 2.86. The molecule has 0 aliphatic carbocycles. The summed E-state index contributed by atoms with van der Waals surface area (Å²) < 4.78 is 0. The number of benzene rings is 3. The number of nitrogens with zero attached hydrogens (tertiary/aromatic N) is 2. The van der Waals surface area contributed by atoms with E-state index < -0.39 is 17.9 Å². The van der Waals surface area contributed by atoms with Crippen LogP contribution in [0, 0.1) is 0 Å². The molecule has 1 heterocycles. The maximum absolute atomic E-state index is 12.6. The van der Waals surface area contributed by atoms with E-state index in [-0.39, 0.29) is 17.0 Å². The summed E-state index contributed by atoms with van der Waals surface area (Å²) in [4.78, 5) is 29.2. The number of carboxylic acids is 1. The van der Waals surface area contributed by atoms with Crippen molar-refractivity contribution in [3.63, 3.8) is 0 Å². The van der Waals surface area contributed by atoms with Gasteiger partial charge >= 0.3 is 5.97 Å². The van der Waals surface area contributed by atoms with E-state index in [9.17, 15) is 14.7 Å². The third-order valence-corrected chi connectivity index (χ3v) is 6.76. The van der Waals surface area contributed by atoms with Gasteiger partial charge in [0.2, 0.25) is 0 Å². The molecule has 182 valence electrons. The highest BCUT2D eigenvalue weighted by atomic mass is 35.5. The monoisotopic (exact) mass is 491 g/mol. The first-order valence-electron chi connectivity index (χ1n) is 11.8. The lowest BCUT2D eigenvalue weighted by molar-refractivity contribution is -0.139. The Morgan fingerprint density at radius 1 is 0.943 bits per heavy atom. The van der Waals surface area contributed by atoms with E-state index in [0.29, 0.717) is 0 Å². The molecule has 0 saturated carbocycles. The second-order valence-corrected chi connectivity index (χ2v) is 9.39. The lowest BCUT2D eigenvalue weighted by Gasteiger charge is -2.32. The standard InChI is InChI=1S/C28H30ClN3O3/c1-31-14-16-32(17-15-31)19-22-6-2-3-7-23(22)21-12-10-20(11-13-21)18-26(28(34)35)30-27(33)24-8-4-5-9-25(24)29/h2-13,26H,14-19H2,1H3,(H,30,33)(H,34,35)/t26-/m0/s1. The van der Waals surface area contributed by atoms with E-state index in [2.05, 4.69) is 40.4 Å². The normalized spacial score (nSPS) is 15.5. The molecule has 0 radical (unpaired) electrons. The predicted octanol–water partition coefficient (Wildman–Crippen LogP) is 4.18. The van der Waals surface area contributed by atoms with Gasteiger partial charge in [0.1, 0.15) is 6.04 Å². The summed E-state index contributed by atoms with van der Waals surface area (Å²) in [6, 6.07) is 21.8. The maximum atomic E-state index is 12.6. The number of aliphatic carboxylic acids is 1. The number of halogens is 1. The molecule has 3 aromatic carbocycles. The Balaban J connectivity index is 1.45. The van der Waals surface area contributed by atoms with Crippen LogP contribution >= 0.6 is 11.6 Å². The smallest absolute Gasteiger partial charge is 0.326 e. The molecule has 0 spiro atoms. The van der Waals surface area contributed by atoms with Crippen LogP contribution in [0.3, 0.4) is 0 Å². The minimum Gasteiger partial charge on any atom is -0.480 e. The van der Waals surface area contributed by atoms with Crippen molar-refractivity contribution < 1.29 is 14.7 Å². The Hall–Kier alpha value is -3.19. The largest absolute Gasteiger partial charge is 0.480 e. The average molecular weight is 492 g/mol. The van der Waals surface area contributed by atoms with Gasteiger partial charge in [0, 0.05) is 39.1 Å². The number of hydrogen-bond donors (Lipinski definition) is 2. The fraction of sp³-hybridized carbons (Fsp3) is 0.286. The zero-order valence-corrected chi connectivity index (χ0v) is 20.5. The molecule has 7 heteroatoms. The van der Waals surface area contributed by atoms with Crippen LogP contribution in [0.25, 0.3) is 11.1 Å². The van der Waals surface area contributed by atoms with Crippen molar-refractivity contribution >= 4 is 23.5 Å². The molecule has 35 heavy (non-hydrogen) atoms. The fourth-order valence-electron chi connectivity index (χ4n) is 4.32. The Morgan fingerprint density at radius 2 is 1.60 bits per heavy atom. The molecule has 1 amide bonds. The first-order valence-corrected chi connectivity index (χ1v) is 12.1. The molecule has 2 N–H and O–H groups in total. The highest BCUT2D eigenvalue weighted by Crippen LogP contribution is 2.26. The van der Waals surface area contributed by atoms with Crippen molar-refractivity contribution in [2.75, 3.05) is 33.2 Å². The first kappa shape index (κ1) is 24.9. The van der Waals surface area contributed by atoms with Crippen molar-refractivity contribution in [1.82, 2.24) is 15.1 Å². The second kappa shape index (κ2) is 11.5. The number of carboxylic acid groups (broad SMARTS) is 1. The summed E-state index contributed by atoms with van der Waals surface area (Å²) in [5.41, 5.74) is 4.63. The molecule has 1 atom stereocenters.